The molecule has 0 spiro atoms. The van der Waals surface area contributed by atoms with E-state index < -0.39 is 5.97 Å². The number of phenolic OH excluding ortho intramolecular Hbond substituents is 1. The van der Waals surface area contributed by atoms with E-state index in [4.69, 9.17) is 9.84 Å². The van der Waals surface area contributed by atoms with Crippen LogP contribution in [0.4, 0.5) is 0 Å². The molecule has 0 radical (unpaired) electrons. The molecule has 1 aromatic carbocycles. The van der Waals surface area contributed by atoms with Gasteiger partial charge in [0, 0.05) is 17.7 Å². The van der Waals surface area contributed by atoms with E-state index in [9.17, 15) is 9.90 Å². The number of benzene rings is 1. The van der Waals surface area contributed by atoms with Gasteiger partial charge in [-0.3, -0.25) is 0 Å². The lowest BCUT2D eigenvalue weighted by molar-refractivity contribution is -0.131. The van der Waals surface area contributed by atoms with E-state index >= 15 is 0 Å². The Morgan fingerprint density at radius 3 is 3.00 bits per heavy atom. The number of carboxylic acid groups (broad SMARTS) is 1. The Hall–Kier alpha value is -2.23. The summed E-state index contributed by atoms with van der Waals surface area (Å²) in [5.74, 6) is -0.235. The molecule has 0 fully saturated rings. The standard InChI is InChI=1S/C12H10O4/c13-10-3-2-9-5-8(1-4-12(14)15)7-16-11(9)6-10/h1-6,13H,7H2,(H,14,15). The Morgan fingerprint density at radius 1 is 1.44 bits per heavy atom. The van der Waals surface area contributed by atoms with Crippen molar-refractivity contribution in [2.45, 2.75) is 0 Å². The van der Waals surface area contributed by atoms with Crippen LogP contribution in [0.1, 0.15) is 5.56 Å². The molecule has 82 valence electrons. The molecule has 16 heavy (non-hydrogen) atoms. The molecule has 0 aromatic heterocycles. The van der Waals surface area contributed by atoms with Crippen molar-refractivity contribution >= 4 is 12.0 Å². The summed E-state index contributed by atoms with van der Waals surface area (Å²) in [6, 6.07) is 4.81. The van der Waals surface area contributed by atoms with Gasteiger partial charge in [-0.25, -0.2) is 4.79 Å². The van der Waals surface area contributed by atoms with Gasteiger partial charge in [0.1, 0.15) is 18.1 Å². The van der Waals surface area contributed by atoms with Gasteiger partial charge in [-0.15, -0.1) is 0 Å². The third kappa shape index (κ3) is 2.23. The molecule has 0 aliphatic carbocycles. The first-order valence-electron chi connectivity index (χ1n) is 4.72. The van der Waals surface area contributed by atoms with Gasteiger partial charge in [-0.1, -0.05) is 0 Å². The molecule has 0 unspecified atom stereocenters. The zero-order chi connectivity index (χ0) is 11.5. The second-order valence-corrected chi connectivity index (χ2v) is 3.40. The van der Waals surface area contributed by atoms with E-state index in [0.717, 1.165) is 17.2 Å². The predicted octanol–water partition coefficient (Wildman–Crippen LogP) is 1.81. The van der Waals surface area contributed by atoms with Crippen LogP contribution in [0.3, 0.4) is 0 Å². The van der Waals surface area contributed by atoms with Gasteiger partial charge in [-0.05, 0) is 29.9 Å². The van der Waals surface area contributed by atoms with Crippen LogP contribution >= 0.6 is 0 Å². The molecule has 0 saturated heterocycles. The lowest BCUT2D eigenvalue weighted by atomic mass is 10.1. The molecular weight excluding hydrogens is 208 g/mol. The van der Waals surface area contributed by atoms with Crippen molar-refractivity contribution in [1.29, 1.82) is 0 Å². The predicted molar refractivity (Wildman–Crippen MR) is 58.4 cm³/mol. The minimum Gasteiger partial charge on any atom is -0.508 e. The highest BCUT2D eigenvalue weighted by Crippen LogP contribution is 2.29. The third-order valence-corrected chi connectivity index (χ3v) is 2.17. The quantitative estimate of drug-likeness (QED) is 0.743. The number of hydrogen-bond donors (Lipinski definition) is 2. The van der Waals surface area contributed by atoms with Crippen molar-refractivity contribution < 1.29 is 19.7 Å². The van der Waals surface area contributed by atoms with Crippen LogP contribution in [-0.2, 0) is 4.79 Å². The number of carboxylic acids is 1. The van der Waals surface area contributed by atoms with Crippen molar-refractivity contribution in [3.63, 3.8) is 0 Å². The number of aliphatic carboxylic acids is 1. The molecule has 0 amide bonds. The maximum Gasteiger partial charge on any atom is 0.328 e. The van der Waals surface area contributed by atoms with E-state index in [-0.39, 0.29) is 5.75 Å². The maximum atomic E-state index is 10.3. The van der Waals surface area contributed by atoms with Gasteiger partial charge >= 0.3 is 5.97 Å². The zero-order valence-corrected chi connectivity index (χ0v) is 8.38. The Balaban J connectivity index is 2.28. The van der Waals surface area contributed by atoms with Crippen LogP contribution in [0.2, 0.25) is 0 Å². The molecule has 4 nitrogen and oxygen atoms in total. The molecule has 1 heterocycles. The van der Waals surface area contributed by atoms with Crippen molar-refractivity contribution in [2.75, 3.05) is 6.61 Å². The minimum absolute atomic E-state index is 0.150. The van der Waals surface area contributed by atoms with Crippen LogP contribution in [0, 0.1) is 0 Å². The average molecular weight is 218 g/mol. The monoisotopic (exact) mass is 218 g/mol. The van der Waals surface area contributed by atoms with Gasteiger partial charge in [0.05, 0.1) is 0 Å². The van der Waals surface area contributed by atoms with E-state index in [1.807, 2.05) is 6.08 Å². The summed E-state index contributed by atoms with van der Waals surface area (Å²) in [6.45, 7) is 0.306. The second-order valence-electron chi connectivity index (χ2n) is 3.40. The number of rotatable bonds is 2. The zero-order valence-electron chi connectivity index (χ0n) is 8.38. The van der Waals surface area contributed by atoms with E-state index in [1.165, 1.54) is 12.1 Å². The molecule has 0 bridgehead atoms. The number of fused-ring (bicyclic) bond motifs is 1. The van der Waals surface area contributed by atoms with Gasteiger partial charge < -0.3 is 14.9 Å². The summed E-state index contributed by atoms with van der Waals surface area (Å²) in [7, 11) is 0. The molecule has 0 saturated carbocycles. The highest BCUT2D eigenvalue weighted by atomic mass is 16.5. The molecule has 0 atom stereocenters. The Bertz CT molecular complexity index is 486. The lowest BCUT2D eigenvalue weighted by Gasteiger charge is -2.15. The minimum atomic E-state index is -0.989. The van der Waals surface area contributed by atoms with Crippen molar-refractivity contribution in [1.82, 2.24) is 0 Å². The molecule has 1 aromatic rings. The molecular formula is C12H10O4. The van der Waals surface area contributed by atoms with Crippen molar-refractivity contribution in [2.24, 2.45) is 0 Å². The smallest absolute Gasteiger partial charge is 0.328 e. The highest BCUT2D eigenvalue weighted by Gasteiger charge is 2.10. The SMILES string of the molecule is O=C(O)C=CC1=Cc2ccc(O)cc2OC1. The van der Waals surface area contributed by atoms with Gasteiger partial charge in [0.25, 0.3) is 0 Å². The number of carbonyl (C=O) groups is 1. The van der Waals surface area contributed by atoms with Crippen LogP contribution in [0.15, 0.2) is 35.9 Å². The lowest BCUT2D eigenvalue weighted by Crippen LogP contribution is -2.05. The normalized spacial score (nSPS) is 14.1. The Labute approximate surface area is 92.1 Å². The second kappa shape index (κ2) is 4.10. The molecule has 2 N–H and O–H groups in total. The average Bonchev–Trinajstić information content (AvgIpc) is 2.26. The summed E-state index contributed by atoms with van der Waals surface area (Å²) in [6.07, 6.45) is 4.40. The molecule has 2 rings (SSSR count). The van der Waals surface area contributed by atoms with Gasteiger partial charge in [0.2, 0.25) is 0 Å². The summed E-state index contributed by atoms with van der Waals surface area (Å²) >= 11 is 0. The van der Waals surface area contributed by atoms with Gasteiger partial charge in [0.15, 0.2) is 0 Å². The fourth-order valence-corrected chi connectivity index (χ4v) is 1.44. The van der Waals surface area contributed by atoms with Crippen molar-refractivity contribution in [3.8, 4) is 11.5 Å². The largest absolute Gasteiger partial charge is 0.508 e. The fraction of sp³-hybridized carbons (Fsp3) is 0.0833. The Kier molecular flexibility index (Phi) is 2.64. The van der Waals surface area contributed by atoms with Crippen LogP contribution in [0.25, 0.3) is 6.08 Å². The fourth-order valence-electron chi connectivity index (χ4n) is 1.44. The number of hydrogen-bond acceptors (Lipinski definition) is 3. The van der Waals surface area contributed by atoms with Crippen LogP contribution < -0.4 is 4.74 Å². The van der Waals surface area contributed by atoms with Crippen LogP contribution in [-0.4, -0.2) is 22.8 Å². The highest BCUT2D eigenvalue weighted by molar-refractivity contribution is 5.81. The first-order chi connectivity index (χ1) is 7.65. The summed E-state index contributed by atoms with van der Waals surface area (Å²) in [5.41, 5.74) is 1.61. The summed E-state index contributed by atoms with van der Waals surface area (Å²) in [5, 5.41) is 17.7. The van der Waals surface area contributed by atoms with Crippen molar-refractivity contribution in [3.05, 3.63) is 41.5 Å². The van der Waals surface area contributed by atoms with Crippen LogP contribution in [0.5, 0.6) is 11.5 Å². The number of ether oxygens (including phenoxy) is 1. The van der Waals surface area contributed by atoms with E-state index in [1.54, 1.807) is 12.1 Å². The van der Waals surface area contributed by atoms with Gasteiger partial charge in [-0.2, -0.15) is 0 Å². The summed E-state index contributed by atoms with van der Waals surface area (Å²) < 4.78 is 5.38. The Morgan fingerprint density at radius 2 is 2.25 bits per heavy atom. The first-order valence-corrected chi connectivity index (χ1v) is 4.72. The van der Waals surface area contributed by atoms with E-state index in [0.29, 0.717) is 12.4 Å². The summed E-state index contributed by atoms with van der Waals surface area (Å²) in [4.78, 5) is 10.3. The maximum absolute atomic E-state index is 10.3. The third-order valence-electron chi connectivity index (χ3n) is 2.17. The topological polar surface area (TPSA) is 66.8 Å². The molecule has 1 aliphatic rings. The number of phenols is 1. The van der Waals surface area contributed by atoms with E-state index in [2.05, 4.69) is 0 Å². The molecule has 1 aliphatic heterocycles. The molecule has 4 heteroatoms. The first kappa shape index (κ1) is 10.3. The number of aromatic hydroxyl groups is 1.